The van der Waals surface area contributed by atoms with E-state index in [-0.39, 0.29) is 42.6 Å². The summed E-state index contributed by atoms with van der Waals surface area (Å²) in [5.41, 5.74) is 5.53. The van der Waals surface area contributed by atoms with Crippen molar-refractivity contribution in [3.63, 3.8) is 0 Å². The van der Waals surface area contributed by atoms with Crippen LogP contribution in [0.1, 0.15) is 143 Å². The molecule has 1 aliphatic heterocycles. The van der Waals surface area contributed by atoms with Crippen LogP contribution in [0.25, 0.3) is 0 Å². The van der Waals surface area contributed by atoms with Gasteiger partial charge in [-0.05, 0) is 166 Å². The van der Waals surface area contributed by atoms with Gasteiger partial charge in [-0.15, -0.1) is 0 Å². The first-order valence-corrected chi connectivity index (χ1v) is 26.8. The number of nitrogens with one attached hydrogen (secondary N) is 1. The maximum atomic E-state index is 13.5. The van der Waals surface area contributed by atoms with E-state index in [4.69, 9.17) is 18.9 Å². The number of methoxy groups -OCH3 is 2. The average molecular weight is 959 g/mol. The molecule has 0 spiro atoms. The smallest absolute Gasteiger partial charge is 0.407 e. The summed E-state index contributed by atoms with van der Waals surface area (Å²) in [5.74, 6) is 4.99. The molecule has 9 heteroatoms. The van der Waals surface area contributed by atoms with Crippen molar-refractivity contribution >= 4 is 12.0 Å². The fraction of sp³-hybridized carbons (Fsp3) is 0.607. The lowest BCUT2D eigenvalue weighted by Gasteiger charge is -2.58. The molecule has 5 unspecified atom stereocenters. The van der Waals surface area contributed by atoms with E-state index in [9.17, 15) is 14.7 Å². The number of aliphatic hydroxyl groups excluding tert-OH is 1. The second-order valence-corrected chi connectivity index (χ2v) is 22.4. The molecule has 0 aromatic heterocycles. The molecule has 1 saturated heterocycles. The molecule has 0 bridgehead atoms. The van der Waals surface area contributed by atoms with Gasteiger partial charge in [0.15, 0.2) is 0 Å². The van der Waals surface area contributed by atoms with Crippen LogP contribution in [0.5, 0.6) is 11.5 Å². The molecular weight excluding hydrogens is 873 g/mol. The molecular formula is C61H86N2O7. The van der Waals surface area contributed by atoms with Gasteiger partial charge >= 0.3 is 6.09 Å². The summed E-state index contributed by atoms with van der Waals surface area (Å²) >= 11 is 0. The number of nitrogens with zero attached hydrogens (tertiary/aromatic N) is 1. The summed E-state index contributed by atoms with van der Waals surface area (Å²) in [6, 6.07) is 15.7. The van der Waals surface area contributed by atoms with Crippen LogP contribution in [0.2, 0.25) is 0 Å². The minimum atomic E-state index is -1.02. The van der Waals surface area contributed by atoms with Crippen LogP contribution >= 0.6 is 0 Å². The Hall–Kier alpha value is -4.60. The Labute approximate surface area is 421 Å². The number of amides is 2. The van der Waals surface area contributed by atoms with E-state index in [2.05, 4.69) is 58.7 Å². The van der Waals surface area contributed by atoms with Crippen LogP contribution in [0.3, 0.4) is 0 Å². The van der Waals surface area contributed by atoms with Crippen LogP contribution < -0.4 is 14.8 Å². The molecule has 0 radical (unpaired) electrons. The van der Waals surface area contributed by atoms with E-state index in [0.717, 1.165) is 89.9 Å². The molecule has 2 N–H and O–H groups in total. The standard InChI is InChI=1S/C61H86N2O7/c1-10-11-13-19-44(5)61(46-21-26-49(67-8)27-22-46,47-23-28-50(68-9)29-24-47)69-41-45-39-63(40-56(45)64)57(65)20-14-12-15-37-62-58(66)70-51-33-35-59(6)48(38-51)25-30-52-54-32-31-53(43(4)18-16-17-42(2)3)60(54,7)36-34-55(52)59/h10-11,13,18-19,21-29,42,45,51-56,64H,1,12,14-17,20,30-41H2,2-9H3,(H,62,66)/b13-11-,43-18-,44-19+/t45?,51-,52?,53+,54?,55?,56?,59-,60+/m0/s1. The first-order valence-electron chi connectivity index (χ1n) is 26.8. The molecule has 70 heavy (non-hydrogen) atoms. The highest BCUT2D eigenvalue weighted by molar-refractivity contribution is 5.76. The van der Waals surface area contributed by atoms with Crippen molar-refractivity contribution in [1.82, 2.24) is 10.2 Å². The quantitative estimate of drug-likeness (QED) is 0.0729. The van der Waals surface area contributed by atoms with Gasteiger partial charge in [0.05, 0.1) is 26.9 Å². The van der Waals surface area contributed by atoms with Gasteiger partial charge in [-0.2, -0.15) is 0 Å². The van der Waals surface area contributed by atoms with Gasteiger partial charge in [0.1, 0.15) is 23.2 Å². The summed E-state index contributed by atoms with van der Waals surface area (Å²) in [4.78, 5) is 28.3. The second-order valence-electron chi connectivity index (χ2n) is 22.4. The fourth-order valence-electron chi connectivity index (χ4n) is 13.8. The molecule has 9 nitrogen and oxygen atoms in total. The molecule has 4 fully saturated rings. The van der Waals surface area contributed by atoms with Gasteiger partial charge in [-0.25, -0.2) is 4.79 Å². The van der Waals surface area contributed by atoms with Crippen molar-refractivity contribution in [1.29, 1.82) is 0 Å². The lowest BCUT2D eigenvalue weighted by atomic mass is 9.47. The number of fused-ring (bicyclic) bond motifs is 5. The van der Waals surface area contributed by atoms with Crippen LogP contribution in [0, 0.1) is 46.3 Å². The van der Waals surface area contributed by atoms with Crippen molar-refractivity contribution in [2.45, 2.75) is 149 Å². The van der Waals surface area contributed by atoms with Gasteiger partial charge in [0.25, 0.3) is 0 Å². The lowest BCUT2D eigenvalue weighted by molar-refractivity contribution is -0.130. The zero-order chi connectivity index (χ0) is 50.1. The number of carbonyl (C=O) groups excluding carboxylic acids is 2. The molecule has 382 valence electrons. The van der Waals surface area contributed by atoms with Crippen molar-refractivity contribution in [3.05, 3.63) is 119 Å². The number of carbonyl (C=O) groups is 2. The Bertz CT molecular complexity index is 2160. The Kier molecular flexibility index (Phi) is 18.1. The number of hydrogen-bond donors (Lipinski definition) is 2. The Morgan fingerprint density at radius 1 is 0.900 bits per heavy atom. The molecule has 4 aliphatic carbocycles. The summed E-state index contributed by atoms with van der Waals surface area (Å²) < 4.78 is 24.1. The van der Waals surface area contributed by atoms with Crippen LogP contribution in [0.15, 0.2) is 108 Å². The number of hydrogen-bond acceptors (Lipinski definition) is 7. The third-order valence-electron chi connectivity index (χ3n) is 17.8. The number of ether oxygens (including phenoxy) is 4. The summed E-state index contributed by atoms with van der Waals surface area (Å²) in [6.07, 6.45) is 26.1. The zero-order valence-electron chi connectivity index (χ0n) is 44.0. The van der Waals surface area contributed by atoms with E-state index in [1.807, 2.05) is 73.7 Å². The minimum Gasteiger partial charge on any atom is -0.497 e. The molecule has 2 aromatic carbocycles. The van der Waals surface area contributed by atoms with Crippen LogP contribution in [-0.4, -0.2) is 74.7 Å². The number of allylic oxidation sites excluding steroid dienone is 7. The van der Waals surface area contributed by atoms with Gasteiger partial charge in [0, 0.05) is 38.4 Å². The highest BCUT2D eigenvalue weighted by Crippen LogP contribution is 2.67. The van der Waals surface area contributed by atoms with Crippen molar-refractivity contribution in [2.24, 2.45) is 46.3 Å². The third-order valence-corrected chi connectivity index (χ3v) is 17.8. The Morgan fingerprint density at radius 3 is 2.26 bits per heavy atom. The lowest BCUT2D eigenvalue weighted by Crippen LogP contribution is -2.50. The minimum absolute atomic E-state index is 0.0261. The van der Waals surface area contributed by atoms with Gasteiger partial charge in [-0.3, -0.25) is 4.79 Å². The van der Waals surface area contributed by atoms with Crippen molar-refractivity contribution in [2.75, 3.05) is 40.5 Å². The average Bonchev–Trinajstić information content (AvgIpc) is 3.92. The Balaban J connectivity index is 0.856. The van der Waals surface area contributed by atoms with E-state index in [1.165, 1.54) is 50.5 Å². The van der Waals surface area contributed by atoms with Gasteiger partial charge in [0.2, 0.25) is 5.91 Å². The molecule has 5 aliphatic rings. The van der Waals surface area contributed by atoms with Crippen LogP contribution in [-0.2, 0) is 19.9 Å². The van der Waals surface area contributed by atoms with Crippen LogP contribution in [0.4, 0.5) is 4.79 Å². The maximum absolute atomic E-state index is 13.5. The van der Waals surface area contributed by atoms with E-state index < -0.39 is 11.7 Å². The fourth-order valence-corrected chi connectivity index (χ4v) is 13.8. The molecule has 7 rings (SSSR count). The molecule has 3 saturated carbocycles. The highest BCUT2D eigenvalue weighted by Gasteiger charge is 2.59. The second kappa shape index (κ2) is 23.7. The maximum Gasteiger partial charge on any atom is 0.407 e. The van der Waals surface area contributed by atoms with Gasteiger partial charge < -0.3 is 34.3 Å². The van der Waals surface area contributed by atoms with E-state index in [0.29, 0.717) is 31.3 Å². The summed E-state index contributed by atoms with van der Waals surface area (Å²) in [5, 5.41) is 14.3. The zero-order valence-corrected chi connectivity index (χ0v) is 44.0. The summed E-state index contributed by atoms with van der Waals surface area (Å²) in [6.45, 7) is 19.5. The number of rotatable bonds is 21. The molecule has 2 aromatic rings. The van der Waals surface area contributed by atoms with Crippen molar-refractivity contribution < 1.29 is 33.6 Å². The molecule has 1 heterocycles. The SMILES string of the molecule is C=C/C=C\C=C(/C)C(OCC1CN(C(=O)CCCCCNC(=O)O[C@H]2CC[C@@]3(C)C(=CCC4C3CC[C@@]3(C)C4CC[C@@H]3/C(C)=C\CCC(C)C)C2)CC1O)(c1ccc(OC)cc1)c1ccc(OC)cc1. The Morgan fingerprint density at radius 2 is 1.60 bits per heavy atom. The first-order chi connectivity index (χ1) is 33.7. The highest BCUT2D eigenvalue weighted by atomic mass is 16.6. The predicted octanol–water partition coefficient (Wildman–Crippen LogP) is 13.1. The largest absolute Gasteiger partial charge is 0.497 e. The molecule has 2 amide bonds. The number of alkyl carbamates (subject to hydrolysis) is 1. The number of benzene rings is 2. The van der Waals surface area contributed by atoms with E-state index >= 15 is 0 Å². The van der Waals surface area contributed by atoms with E-state index in [1.54, 1.807) is 30.8 Å². The summed E-state index contributed by atoms with van der Waals surface area (Å²) in [7, 11) is 3.29. The topological polar surface area (TPSA) is 107 Å². The predicted molar refractivity (Wildman–Crippen MR) is 282 cm³/mol. The molecule has 9 atom stereocenters. The number of unbranched alkanes of at least 4 members (excludes halogenated alkanes) is 2. The number of likely N-dealkylation sites (tertiary alicyclic amines) is 1. The van der Waals surface area contributed by atoms with Crippen molar-refractivity contribution in [3.8, 4) is 11.5 Å². The normalized spacial score (nSPS) is 29.0. The first kappa shape index (κ1) is 53.2. The monoisotopic (exact) mass is 959 g/mol. The van der Waals surface area contributed by atoms with Gasteiger partial charge in [-0.1, -0.05) is 113 Å². The number of aliphatic hydroxyl groups is 1. The third kappa shape index (κ3) is 11.7. The number of β-amino-alcohol motifs (C(OH)–C–C–N with tert-alkyl or cyclic N) is 1.